The molecule has 104 valence electrons. The van der Waals surface area contributed by atoms with Crippen molar-refractivity contribution in [2.45, 2.75) is 46.3 Å². The first kappa shape index (κ1) is 13.8. The van der Waals surface area contributed by atoms with Crippen LogP contribution in [0.5, 0.6) is 0 Å². The molecule has 19 heavy (non-hydrogen) atoms. The summed E-state index contributed by atoms with van der Waals surface area (Å²) >= 11 is 0. The molecular weight excluding hydrogens is 238 g/mol. The van der Waals surface area contributed by atoms with Crippen LogP contribution >= 0.6 is 0 Å². The van der Waals surface area contributed by atoms with Crippen LogP contribution in [-0.4, -0.2) is 25.4 Å². The predicted molar refractivity (Wildman–Crippen MR) is 75.9 cm³/mol. The lowest BCUT2D eigenvalue weighted by atomic mass is 10.2. The van der Waals surface area contributed by atoms with Crippen LogP contribution in [0.15, 0.2) is 18.6 Å². The van der Waals surface area contributed by atoms with E-state index < -0.39 is 0 Å². The number of rotatable bonds is 6. The van der Waals surface area contributed by atoms with E-state index in [-0.39, 0.29) is 0 Å². The Balaban J connectivity index is 2.00. The molecule has 0 aliphatic rings. The summed E-state index contributed by atoms with van der Waals surface area (Å²) in [5, 5.41) is 7.64. The van der Waals surface area contributed by atoms with Crippen LogP contribution in [0.4, 0.5) is 0 Å². The summed E-state index contributed by atoms with van der Waals surface area (Å²) in [5.74, 6) is 1.07. The van der Waals surface area contributed by atoms with Crippen molar-refractivity contribution in [3.63, 3.8) is 0 Å². The number of aromatic nitrogens is 4. The van der Waals surface area contributed by atoms with Crippen LogP contribution in [0.25, 0.3) is 0 Å². The van der Waals surface area contributed by atoms with E-state index in [2.05, 4.69) is 46.9 Å². The summed E-state index contributed by atoms with van der Waals surface area (Å²) in [7, 11) is 1.95. The first-order valence-corrected chi connectivity index (χ1v) is 6.78. The van der Waals surface area contributed by atoms with Crippen molar-refractivity contribution in [2.24, 2.45) is 7.05 Å². The van der Waals surface area contributed by atoms with E-state index in [1.54, 1.807) is 0 Å². The summed E-state index contributed by atoms with van der Waals surface area (Å²) < 4.78 is 4.12. The quantitative estimate of drug-likeness (QED) is 0.860. The average molecular weight is 261 g/mol. The Morgan fingerprint density at radius 1 is 1.32 bits per heavy atom. The lowest BCUT2D eigenvalue weighted by Gasteiger charge is -2.12. The van der Waals surface area contributed by atoms with Crippen molar-refractivity contribution in [2.75, 3.05) is 0 Å². The van der Waals surface area contributed by atoms with Gasteiger partial charge >= 0.3 is 0 Å². The van der Waals surface area contributed by atoms with Crippen molar-refractivity contribution >= 4 is 0 Å². The Morgan fingerprint density at radius 3 is 2.74 bits per heavy atom. The van der Waals surface area contributed by atoms with Crippen molar-refractivity contribution < 1.29 is 0 Å². The normalized spacial score (nSPS) is 11.4. The van der Waals surface area contributed by atoms with Crippen molar-refractivity contribution in [1.29, 1.82) is 0 Å². The molecule has 5 heteroatoms. The molecule has 1 N–H and O–H groups in total. The van der Waals surface area contributed by atoms with Gasteiger partial charge in [-0.05, 0) is 18.9 Å². The largest absolute Gasteiger partial charge is 0.331 e. The van der Waals surface area contributed by atoms with Crippen molar-refractivity contribution in [1.82, 2.24) is 24.6 Å². The van der Waals surface area contributed by atoms with Gasteiger partial charge in [0.25, 0.3) is 0 Å². The molecule has 0 saturated heterocycles. The van der Waals surface area contributed by atoms with Gasteiger partial charge < -0.3 is 9.88 Å². The molecule has 0 atom stereocenters. The fourth-order valence-electron chi connectivity index (χ4n) is 2.11. The third-order valence-corrected chi connectivity index (χ3v) is 3.21. The Hall–Kier alpha value is -1.62. The van der Waals surface area contributed by atoms with E-state index in [4.69, 9.17) is 0 Å². The topological polar surface area (TPSA) is 47.7 Å². The molecule has 5 nitrogen and oxygen atoms in total. The minimum atomic E-state index is 0.488. The fraction of sp³-hybridized carbons (Fsp3) is 0.571. The molecule has 0 spiro atoms. The van der Waals surface area contributed by atoms with Crippen LogP contribution in [-0.2, 0) is 26.6 Å². The maximum absolute atomic E-state index is 4.41. The number of nitrogens with zero attached hydrogens (tertiary/aromatic N) is 4. The maximum Gasteiger partial charge on any atom is 0.105 e. The summed E-state index contributed by atoms with van der Waals surface area (Å²) in [6.45, 7) is 8.19. The van der Waals surface area contributed by atoms with Gasteiger partial charge in [-0.15, -0.1) is 0 Å². The van der Waals surface area contributed by atoms with E-state index in [1.807, 2.05) is 24.1 Å². The molecule has 2 aromatic rings. The molecule has 0 fully saturated rings. The second-order valence-corrected chi connectivity index (χ2v) is 5.26. The van der Waals surface area contributed by atoms with Gasteiger partial charge in [0.1, 0.15) is 5.82 Å². The molecule has 0 aliphatic carbocycles. The van der Waals surface area contributed by atoms with E-state index >= 15 is 0 Å². The lowest BCUT2D eigenvalue weighted by molar-refractivity contribution is 0.550. The second-order valence-electron chi connectivity index (χ2n) is 5.26. The van der Waals surface area contributed by atoms with E-state index in [1.165, 1.54) is 11.3 Å². The van der Waals surface area contributed by atoms with Gasteiger partial charge in [0.05, 0.1) is 11.9 Å². The second kappa shape index (κ2) is 6.02. The molecule has 0 aliphatic heterocycles. The van der Waals surface area contributed by atoms with Gasteiger partial charge in [-0.25, -0.2) is 4.98 Å². The molecule has 0 aromatic carbocycles. The number of nitrogens with one attached hydrogen (secondary N) is 1. The highest BCUT2D eigenvalue weighted by atomic mass is 15.2. The summed E-state index contributed by atoms with van der Waals surface area (Å²) in [6, 6.07) is 0.488. The fourth-order valence-corrected chi connectivity index (χ4v) is 2.11. The van der Waals surface area contributed by atoms with Crippen LogP contribution in [0.3, 0.4) is 0 Å². The molecule has 0 unspecified atom stereocenters. The SMILES string of the molecule is Cc1ncc(CNC(C)C)n1CCc1cnn(C)c1. The molecule has 0 saturated carbocycles. The highest BCUT2D eigenvalue weighted by Gasteiger charge is 2.07. The number of imidazole rings is 1. The first-order chi connectivity index (χ1) is 9.06. The molecule has 0 amide bonds. The first-order valence-electron chi connectivity index (χ1n) is 6.78. The Kier molecular flexibility index (Phi) is 4.37. The van der Waals surface area contributed by atoms with E-state index in [9.17, 15) is 0 Å². The average Bonchev–Trinajstić information content (AvgIpc) is 2.91. The molecule has 0 bridgehead atoms. The summed E-state index contributed by atoms with van der Waals surface area (Å²) in [4.78, 5) is 4.41. The standard InChI is InChI=1S/C14H23N5/c1-11(2)15-8-14-9-16-12(3)19(14)6-5-13-7-17-18(4)10-13/h7,9-11,15H,5-6,8H2,1-4H3. The number of hydrogen-bond acceptors (Lipinski definition) is 3. The number of hydrogen-bond donors (Lipinski definition) is 1. The van der Waals surface area contributed by atoms with Gasteiger partial charge in [-0.3, -0.25) is 4.68 Å². The lowest BCUT2D eigenvalue weighted by Crippen LogP contribution is -2.23. The van der Waals surface area contributed by atoms with E-state index in [0.717, 1.165) is 25.3 Å². The van der Waals surface area contributed by atoms with Gasteiger partial charge in [0, 0.05) is 38.6 Å². The predicted octanol–water partition coefficient (Wildman–Crippen LogP) is 1.67. The van der Waals surface area contributed by atoms with Crippen molar-refractivity contribution in [3.05, 3.63) is 35.7 Å². The van der Waals surface area contributed by atoms with Gasteiger partial charge in [-0.1, -0.05) is 13.8 Å². The highest BCUT2D eigenvalue weighted by Crippen LogP contribution is 2.08. The molecular formula is C14H23N5. The Morgan fingerprint density at radius 2 is 2.11 bits per heavy atom. The van der Waals surface area contributed by atoms with Gasteiger partial charge in [0.2, 0.25) is 0 Å². The molecule has 2 rings (SSSR count). The third-order valence-electron chi connectivity index (χ3n) is 3.21. The zero-order valence-corrected chi connectivity index (χ0v) is 12.2. The maximum atomic E-state index is 4.41. The van der Waals surface area contributed by atoms with Crippen molar-refractivity contribution in [3.8, 4) is 0 Å². The zero-order chi connectivity index (χ0) is 13.8. The Labute approximate surface area is 114 Å². The molecule has 0 radical (unpaired) electrons. The Bertz CT molecular complexity index is 524. The van der Waals surface area contributed by atoms with Crippen LogP contribution in [0.2, 0.25) is 0 Å². The summed E-state index contributed by atoms with van der Waals surface area (Å²) in [6.07, 6.45) is 6.95. The zero-order valence-electron chi connectivity index (χ0n) is 12.2. The van der Waals surface area contributed by atoms with Crippen LogP contribution < -0.4 is 5.32 Å². The van der Waals surface area contributed by atoms with Crippen LogP contribution in [0, 0.1) is 6.92 Å². The van der Waals surface area contributed by atoms with Gasteiger partial charge in [0.15, 0.2) is 0 Å². The minimum absolute atomic E-state index is 0.488. The number of aryl methyl sites for hydroxylation is 3. The monoisotopic (exact) mass is 261 g/mol. The molecule has 2 heterocycles. The highest BCUT2D eigenvalue weighted by molar-refractivity contribution is 5.08. The molecule has 2 aromatic heterocycles. The summed E-state index contributed by atoms with van der Waals surface area (Å²) in [5.41, 5.74) is 2.51. The van der Waals surface area contributed by atoms with E-state index in [0.29, 0.717) is 6.04 Å². The van der Waals surface area contributed by atoms with Crippen LogP contribution in [0.1, 0.15) is 30.9 Å². The third kappa shape index (κ3) is 3.67. The smallest absolute Gasteiger partial charge is 0.105 e. The van der Waals surface area contributed by atoms with Gasteiger partial charge in [-0.2, -0.15) is 5.10 Å². The minimum Gasteiger partial charge on any atom is -0.331 e.